The fourth-order valence-electron chi connectivity index (χ4n) is 2.11. The van der Waals surface area contributed by atoms with Gasteiger partial charge in [-0.2, -0.15) is 0 Å². The maximum atomic E-state index is 11.6. The summed E-state index contributed by atoms with van der Waals surface area (Å²) in [6.45, 7) is 3.07. The molecule has 1 atom stereocenters. The van der Waals surface area contributed by atoms with Crippen LogP contribution in [0.15, 0.2) is 0 Å². The van der Waals surface area contributed by atoms with E-state index >= 15 is 0 Å². The molecule has 0 radical (unpaired) electrons. The summed E-state index contributed by atoms with van der Waals surface area (Å²) in [7, 11) is 1.66. The van der Waals surface area contributed by atoms with Crippen LogP contribution in [0.25, 0.3) is 0 Å². The third-order valence-corrected chi connectivity index (χ3v) is 3.13. The van der Waals surface area contributed by atoms with Gasteiger partial charge in [-0.3, -0.25) is 4.79 Å². The van der Waals surface area contributed by atoms with Crippen LogP contribution in [0, 0.1) is 0 Å². The topological polar surface area (TPSA) is 50.4 Å². The first-order valence-electron chi connectivity index (χ1n) is 6.28. The maximum Gasteiger partial charge on any atom is 0.234 e. The third kappa shape index (κ3) is 4.94. The summed E-state index contributed by atoms with van der Waals surface area (Å²) in [5.74, 6) is 0.0794. The minimum absolute atomic E-state index is 0.0794. The van der Waals surface area contributed by atoms with Gasteiger partial charge in [-0.1, -0.05) is 19.8 Å². The van der Waals surface area contributed by atoms with Gasteiger partial charge in [0.25, 0.3) is 0 Å². The van der Waals surface area contributed by atoms with Crippen molar-refractivity contribution in [1.29, 1.82) is 0 Å². The predicted octanol–water partition coefficient (Wildman–Crippen LogP) is 1.06. The van der Waals surface area contributed by atoms with Crippen molar-refractivity contribution in [2.75, 3.05) is 20.3 Å². The average Bonchev–Trinajstić information content (AvgIpc) is 2.78. The van der Waals surface area contributed by atoms with Gasteiger partial charge >= 0.3 is 0 Å². The molecule has 16 heavy (non-hydrogen) atoms. The summed E-state index contributed by atoms with van der Waals surface area (Å²) >= 11 is 0. The summed E-state index contributed by atoms with van der Waals surface area (Å²) in [4.78, 5) is 11.6. The molecule has 0 bridgehead atoms. The first-order chi connectivity index (χ1) is 7.76. The smallest absolute Gasteiger partial charge is 0.234 e. The van der Waals surface area contributed by atoms with E-state index in [9.17, 15) is 4.79 Å². The van der Waals surface area contributed by atoms with Crippen LogP contribution in [0.3, 0.4) is 0 Å². The summed E-state index contributed by atoms with van der Waals surface area (Å²) in [5, 5.41) is 6.27. The Labute approximate surface area is 98.1 Å². The summed E-state index contributed by atoms with van der Waals surface area (Å²) < 4.78 is 5.04. The Bertz CT molecular complexity index is 203. The molecule has 1 aliphatic carbocycles. The predicted molar refractivity (Wildman–Crippen MR) is 64.4 cm³/mol. The minimum Gasteiger partial charge on any atom is -0.383 e. The highest BCUT2D eigenvalue weighted by molar-refractivity contribution is 5.78. The molecular formula is C12H24N2O2. The van der Waals surface area contributed by atoms with Crippen LogP contribution in [-0.4, -0.2) is 38.3 Å². The third-order valence-electron chi connectivity index (χ3n) is 3.13. The lowest BCUT2D eigenvalue weighted by Gasteiger charge is -2.17. The molecule has 0 aromatic carbocycles. The lowest BCUT2D eigenvalue weighted by Crippen LogP contribution is -2.44. The highest BCUT2D eigenvalue weighted by Crippen LogP contribution is 2.17. The molecule has 0 aromatic rings. The van der Waals surface area contributed by atoms with Crippen molar-refractivity contribution in [3.05, 3.63) is 0 Å². The second kappa shape index (κ2) is 7.63. The molecule has 4 heteroatoms. The number of amides is 1. The normalized spacial score (nSPS) is 18.6. The first kappa shape index (κ1) is 13.5. The van der Waals surface area contributed by atoms with Crippen molar-refractivity contribution in [1.82, 2.24) is 10.6 Å². The quantitative estimate of drug-likeness (QED) is 0.685. The molecule has 0 aromatic heterocycles. The van der Waals surface area contributed by atoms with E-state index in [1.807, 2.05) is 6.92 Å². The minimum atomic E-state index is 0.0794. The van der Waals surface area contributed by atoms with E-state index in [0.717, 1.165) is 6.42 Å². The molecule has 0 spiro atoms. The average molecular weight is 228 g/mol. The zero-order chi connectivity index (χ0) is 11.8. The summed E-state index contributed by atoms with van der Waals surface area (Å²) in [6.07, 6.45) is 5.91. The van der Waals surface area contributed by atoms with Gasteiger partial charge in [-0.05, 0) is 19.3 Å². The molecule has 1 amide bonds. The standard InChI is InChI=1S/C12H24N2O2/c1-3-10(9-16-2)14-12(15)8-13-11-6-4-5-7-11/h10-11,13H,3-9H2,1-2H3,(H,14,15). The molecule has 2 N–H and O–H groups in total. The van der Waals surface area contributed by atoms with E-state index in [0.29, 0.717) is 19.2 Å². The monoisotopic (exact) mass is 228 g/mol. The van der Waals surface area contributed by atoms with Crippen LogP contribution in [0.4, 0.5) is 0 Å². The van der Waals surface area contributed by atoms with Crippen molar-refractivity contribution >= 4 is 5.91 Å². The molecule has 0 heterocycles. The Morgan fingerprint density at radius 3 is 2.69 bits per heavy atom. The molecule has 1 aliphatic rings. The number of rotatable bonds is 7. The Kier molecular flexibility index (Phi) is 6.42. The van der Waals surface area contributed by atoms with Crippen LogP contribution in [-0.2, 0) is 9.53 Å². The van der Waals surface area contributed by atoms with Gasteiger partial charge < -0.3 is 15.4 Å². The van der Waals surface area contributed by atoms with E-state index in [-0.39, 0.29) is 11.9 Å². The van der Waals surface area contributed by atoms with Crippen LogP contribution in [0.2, 0.25) is 0 Å². The zero-order valence-electron chi connectivity index (χ0n) is 10.4. The van der Waals surface area contributed by atoms with E-state index in [1.165, 1.54) is 25.7 Å². The number of nitrogens with one attached hydrogen (secondary N) is 2. The van der Waals surface area contributed by atoms with Crippen molar-refractivity contribution in [3.8, 4) is 0 Å². The van der Waals surface area contributed by atoms with Crippen LogP contribution in [0.1, 0.15) is 39.0 Å². The van der Waals surface area contributed by atoms with Crippen molar-refractivity contribution in [3.63, 3.8) is 0 Å². The van der Waals surface area contributed by atoms with E-state index in [2.05, 4.69) is 10.6 Å². The number of ether oxygens (including phenoxy) is 1. The molecule has 1 unspecified atom stereocenters. The fourth-order valence-corrected chi connectivity index (χ4v) is 2.11. The Hall–Kier alpha value is -0.610. The summed E-state index contributed by atoms with van der Waals surface area (Å²) in [6, 6.07) is 0.691. The molecule has 4 nitrogen and oxygen atoms in total. The number of methoxy groups -OCH3 is 1. The maximum absolute atomic E-state index is 11.6. The van der Waals surface area contributed by atoms with E-state index in [4.69, 9.17) is 4.74 Å². The lowest BCUT2D eigenvalue weighted by molar-refractivity contribution is -0.121. The number of hydrogen-bond donors (Lipinski definition) is 2. The molecule has 94 valence electrons. The van der Waals surface area contributed by atoms with Gasteiger partial charge in [0, 0.05) is 13.2 Å². The van der Waals surface area contributed by atoms with Gasteiger partial charge in [0.15, 0.2) is 0 Å². The molecule has 1 saturated carbocycles. The highest BCUT2D eigenvalue weighted by atomic mass is 16.5. The number of carbonyl (C=O) groups is 1. The Morgan fingerprint density at radius 1 is 1.44 bits per heavy atom. The van der Waals surface area contributed by atoms with Crippen LogP contribution < -0.4 is 10.6 Å². The van der Waals surface area contributed by atoms with Crippen LogP contribution in [0.5, 0.6) is 0 Å². The highest BCUT2D eigenvalue weighted by Gasteiger charge is 2.16. The van der Waals surface area contributed by atoms with Crippen molar-refractivity contribution < 1.29 is 9.53 Å². The van der Waals surface area contributed by atoms with E-state index < -0.39 is 0 Å². The van der Waals surface area contributed by atoms with Gasteiger partial charge in [0.1, 0.15) is 0 Å². The van der Waals surface area contributed by atoms with E-state index in [1.54, 1.807) is 7.11 Å². The molecular weight excluding hydrogens is 204 g/mol. The number of carbonyl (C=O) groups excluding carboxylic acids is 1. The molecule has 0 saturated heterocycles. The second-order valence-corrected chi connectivity index (χ2v) is 4.49. The van der Waals surface area contributed by atoms with Crippen LogP contribution >= 0.6 is 0 Å². The molecule has 1 fully saturated rings. The zero-order valence-corrected chi connectivity index (χ0v) is 10.4. The second-order valence-electron chi connectivity index (χ2n) is 4.49. The van der Waals surface area contributed by atoms with Crippen molar-refractivity contribution in [2.24, 2.45) is 0 Å². The van der Waals surface area contributed by atoms with Gasteiger partial charge in [0.05, 0.1) is 19.2 Å². The largest absolute Gasteiger partial charge is 0.383 e. The lowest BCUT2D eigenvalue weighted by atomic mass is 10.2. The SMILES string of the molecule is CCC(COC)NC(=O)CNC1CCCC1. The Morgan fingerprint density at radius 2 is 2.12 bits per heavy atom. The van der Waals surface area contributed by atoms with Gasteiger partial charge in [0.2, 0.25) is 5.91 Å². The summed E-state index contributed by atoms with van der Waals surface area (Å²) in [5.41, 5.74) is 0. The Balaban J connectivity index is 2.13. The van der Waals surface area contributed by atoms with Crippen molar-refractivity contribution in [2.45, 2.75) is 51.1 Å². The van der Waals surface area contributed by atoms with Gasteiger partial charge in [-0.25, -0.2) is 0 Å². The fraction of sp³-hybridized carbons (Fsp3) is 0.917. The molecule has 0 aliphatic heterocycles. The van der Waals surface area contributed by atoms with Gasteiger partial charge in [-0.15, -0.1) is 0 Å². The number of hydrogen-bond acceptors (Lipinski definition) is 3. The molecule has 1 rings (SSSR count). The first-order valence-corrected chi connectivity index (χ1v) is 6.28.